The van der Waals surface area contributed by atoms with E-state index in [1.807, 2.05) is 22.6 Å². The number of hydrazone groups is 1. The third kappa shape index (κ3) is 3.67. The van der Waals surface area contributed by atoms with E-state index in [0.717, 1.165) is 6.21 Å². The highest BCUT2D eigenvalue weighted by Gasteiger charge is 2.07. The quantitative estimate of drug-likeness (QED) is 0.373. The van der Waals surface area contributed by atoms with Crippen LogP contribution in [-0.4, -0.2) is 11.3 Å². The second-order valence-electron chi connectivity index (χ2n) is 2.52. The highest BCUT2D eigenvalue weighted by Crippen LogP contribution is 2.14. The fourth-order valence-electron chi connectivity index (χ4n) is 0.837. The zero-order valence-electron chi connectivity index (χ0n) is 7.30. The molecule has 15 heavy (non-hydrogen) atoms. The second kappa shape index (κ2) is 5.31. The first-order chi connectivity index (χ1) is 7.00. The molecule has 0 spiro atoms. The van der Waals surface area contributed by atoms with Crippen LogP contribution in [0.4, 0.5) is 8.78 Å². The first-order valence-corrected chi connectivity index (χ1v) is 5.22. The summed E-state index contributed by atoms with van der Waals surface area (Å²) in [6.45, 7) is 0. The number of nitrogens with two attached hydrogens (primary N) is 1. The van der Waals surface area contributed by atoms with Gasteiger partial charge in [0.1, 0.15) is 11.6 Å². The van der Waals surface area contributed by atoms with Crippen LogP contribution in [0.1, 0.15) is 5.56 Å². The van der Waals surface area contributed by atoms with Gasteiger partial charge in [-0.3, -0.25) is 5.43 Å². The lowest BCUT2D eigenvalue weighted by atomic mass is 10.2. The molecule has 0 unspecified atom stereocenters. The summed E-state index contributed by atoms with van der Waals surface area (Å²) in [4.78, 5) is 0. The van der Waals surface area contributed by atoms with Crippen LogP contribution in [0.15, 0.2) is 17.2 Å². The Balaban J connectivity index is 2.94. The highest BCUT2D eigenvalue weighted by molar-refractivity contribution is 14.1. The molecule has 0 aliphatic rings. The summed E-state index contributed by atoms with van der Waals surface area (Å²) < 4.78 is 26.9. The Morgan fingerprint density at radius 3 is 2.47 bits per heavy atom. The Morgan fingerprint density at radius 2 is 2.00 bits per heavy atom. The van der Waals surface area contributed by atoms with Crippen molar-refractivity contribution in [2.24, 2.45) is 10.8 Å². The predicted octanol–water partition coefficient (Wildman–Crippen LogP) is 1.74. The lowest BCUT2D eigenvalue weighted by molar-refractivity contribution is 0.578. The average molecular weight is 341 g/mol. The molecule has 1 aromatic rings. The van der Waals surface area contributed by atoms with E-state index in [-0.39, 0.29) is 10.7 Å². The van der Waals surface area contributed by atoms with Gasteiger partial charge in [0.15, 0.2) is 5.11 Å². The molecule has 0 atom stereocenters. The number of benzene rings is 1. The van der Waals surface area contributed by atoms with Gasteiger partial charge in [-0.1, -0.05) is 0 Å². The molecule has 0 fully saturated rings. The molecule has 1 rings (SSSR count). The molecule has 0 saturated carbocycles. The summed E-state index contributed by atoms with van der Waals surface area (Å²) in [7, 11) is 0. The van der Waals surface area contributed by atoms with Gasteiger partial charge in [0.2, 0.25) is 0 Å². The van der Waals surface area contributed by atoms with Crippen molar-refractivity contribution in [3.63, 3.8) is 0 Å². The van der Waals surface area contributed by atoms with E-state index in [0.29, 0.717) is 3.57 Å². The highest BCUT2D eigenvalue weighted by atomic mass is 127. The van der Waals surface area contributed by atoms with Crippen LogP contribution in [0.25, 0.3) is 0 Å². The summed E-state index contributed by atoms with van der Waals surface area (Å²) >= 11 is 6.28. The summed E-state index contributed by atoms with van der Waals surface area (Å²) in [5.74, 6) is -1.37. The van der Waals surface area contributed by atoms with Crippen molar-refractivity contribution >= 4 is 46.1 Å². The summed E-state index contributed by atoms with van der Waals surface area (Å²) in [5.41, 5.74) is 7.04. The van der Waals surface area contributed by atoms with E-state index in [2.05, 4.69) is 22.7 Å². The Bertz CT molecular complexity index is 399. The number of nitrogens with zero attached hydrogens (tertiary/aromatic N) is 1. The molecule has 3 nitrogen and oxygen atoms in total. The van der Waals surface area contributed by atoms with E-state index in [4.69, 9.17) is 5.73 Å². The maximum Gasteiger partial charge on any atom is 0.184 e. The Hall–Kier alpha value is -0.830. The second-order valence-corrected chi connectivity index (χ2v) is 4.20. The van der Waals surface area contributed by atoms with E-state index < -0.39 is 11.6 Å². The van der Waals surface area contributed by atoms with E-state index >= 15 is 0 Å². The van der Waals surface area contributed by atoms with E-state index in [1.54, 1.807) is 0 Å². The first kappa shape index (κ1) is 12.2. The topological polar surface area (TPSA) is 50.4 Å². The van der Waals surface area contributed by atoms with E-state index in [1.165, 1.54) is 12.1 Å². The van der Waals surface area contributed by atoms with Crippen LogP contribution in [0, 0.1) is 15.2 Å². The van der Waals surface area contributed by atoms with Crippen LogP contribution in [0.2, 0.25) is 0 Å². The molecular weight excluding hydrogens is 335 g/mol. The standard InChI is InChI=1S/C8H6F2IN3S/c9-6-1-4(11)2-7(10)5(6)3-13-14-8(12)15/h1-3H,(H3,12,14,15). The van der Waals surface area contributed by atoms with Crippen molar-refractivity contribution in [3.05, 3.63) is 32.9 Å². The summed E-state index contributed by atoms with van der Waals surface area (Å²) in [6.07, 6.45) is 0.986. The van der Waals surface area contributed by atoms with Crippen LogP contribution >= 0.6 is 34.8 Å². The average Bonchev–Trinajstić information content (AvgIpc) is 2.08. The van der Waals surface area contributed by atoms with Crippen LogP contribution in [0.3, 0.4) is 0 Å². The first-order valence-electron chi connectivity index (χ1n) is 3.73. The summed E-state index contributed by atoms with van der Waals surface area (Å²) in [5, 5.41) is 3.40. The number of hydrogen-bond acceptors (Lipinski definition) is 2. The van der Waals surface area contributed by atoms with Crippen molar-refractivity contribution < 1.29 is 8.78 Å². The van der Waals surface area contributed by atoms with Gasteiger partial charge in [0.05, 0.1) is 11.8 Å². The van der Waals surface area contributed by atoms with Crippen LogP contribution < -0.4 is 11.2 Å². The third-order valence-electron chi connectivity index (χ3n) is 1.41. The minimum absolute atomic E-state index is 0.0717. The molecule has 0 radical (unpaired) electrons. The molecule has 0 amide bonds. The van der Waals surface area contributed by atoms with Gasteiger partial charge < -0.3 is 5.73 Å². The van der Waals surface area contributed by atoms with Crippen molar-refractivity contribution in [3.8, 4) is 0 Å². The molecule has 0 heterocycles. The molecular formula is C8H6F2IN3S. The smallest absolute Gasteiger partial charge is 0.184 e. The summed E-state index contributed by atoms with van der Waals surface area (Å²) in [6, 6.07) is 2.40. The van der Waals surface area contributed by atoms with Crippen molar-refractivity contribution in [2.75, 3.05) is 0 Å². The molecule has 80 valence electrons. The minimum Gasteiger partial charge on any atom is -0.375 e. The predicted molar refractivity (Wildman–Crippen MR) is 66.6 cm³/mol. The lowest BCUT2D eigenvalue weighted by Crippen LogP contribution is -2.24. The zero-order chi connectivity index (χ0) is 11.4. The van der Waals surface area contributed by atoms with Gasteiger partial charge in [-0.05, 0) is 46.9 Å². The maximum atomic E-state index is 13.2. The molecule has 1 aromatic carbocycles. The molecule has 0 saturated heterocycles. The maximum absolute atomic E-state index is 13.2. The van der Waals surface area contributed by atoms with Gasteiger partial charge in [-0.2, -0.15) is 5.10 Å². The molecule has 0 aromatic heterocycles. The fourth-order valence-corrected chi connectivity index (χ4v) is 1.44. The fraction of sp³-hybridized carbons (Fsp3) is 0. The van der Waals surface area contributed by atoms with Gasteiger partial charge in [-0.25, -0.2) is 8.78 Å². The molecule has 0 aliphatic carbocycles. The van der Waals surface area contributed by atoms with Crippen molar-refractivity contribution in [2.45, 2.75) is 0 Å². The van der Waals surface area contributed by atoms with Gasteiger partial charge in [0, 0.05) is 3.57 Å². The largest absolute Gasteiger partial charge is 0.375 e. The number of nitrogens with one attached hydrogen (secondary N) is 1. The zero-order valence-corrected chi connectivity index (χ0v) is 10.3. The Kier molecular flexibility index (Phi) is 4.33. The minimum atomic E-state index is -0.687. The normalized spacial score (nSPS) is 10.6. The lowest BCUT2D eigenvalue weighted by Gasteiger charge is -2.00. The monoisotopic (exact) mass is 341 g/mol. The Morgan fingerprint density at radius 1 is 1.47 bits per heavy atom. The van der Waals surface area contributed by atoms with Crippen molar-refractivity contribution in [1.29, 1.82) is 0 Å². The Labute approximate surface area is 104 Å². The number of rotatable bonds is 2. The number of halogens is 3. The molecule has 7 heteroatoms. The van der Waals surface area contributed by atoms with Gasteiger partial charge in [0.25, 0.3) is 0 Å². The third-order valence-corrected chi connectivity index (χ3v) is 2.13. The van der Waals surface area contributed by atoms with Gasteiger partial charge in [-0.15, -0.1) is 0 Å². The molecule has 3 N–H and O–H groups in total. The van der Waals surface area contributed by atoms with Crippen molar-refractivity contribution in [1.82, 2.24) is 5.43 Å². The molecule has 0 bridgehead atoms. The van der Waals surface area contributed by atoms with Gasteiger partial charge >= 0.3 is 0 Å². The number of thiocarbonyl (C=S) groups is 1. The number of hydrogen-bond donors (Lipinski definition) is 2. The molecule has 0 aliphatic heterocycles. The van der Waals surface area contributed by atoms with E-state index in [9.17, 15) is 8.78 Å². The SMILES string of the molecule is NC(=S)NN=Cc1c(F)cc(I)cc1F. The van der Waals surface area contributed by atoms with Crippen LogP contribution in [0.5, 0.6) is 0 Å². The van der Waals surface area contributed by atoms with Crippen LogP contribution in [-0.2, 0) is 0 Å².